The van der Waals surface area contributed by atoms with Crippen LogP contribution in [-0.4, -0.2) is 4.98 Å². The first kappa shape index (κ1) is 14.2. The third kappa shape index (κ3) is 2.82. The fraction of sp³-hybridized carbons (Fsp3) is 0.0625. The van der Waals surface area contributed by atoms with Gasteiger partial charge in [0.1, 0.15) is 11.5 Å². The Morgan fingerprint density at radius 1 is 1.10 bits per heavy atom. The molecule has 0 unspecified atom stereocenters. The molecular formula is C16H12BrClN2O. The Morgan fingerprint density at radius 3 is 2.62 bits per heavy atom. The highest BCUT2D eigenvalue weighted by Gasteiger charge is 2.09. The lowest BCUT2D eigenvalue weighted by atomic mass is 10.1. The third-order valence-corrected chi connectivity index (χ3v) is 4.00. The second kappa shape index (κ2) is 5.54. The summed E-state index contributed by atoms with van der Waals surface area (Å²) in [6.07, 6.45) is 1.77. The molecule has 0 radical (unpaired) electrons. The van der Waals surface area contributed by atoms with Gasteiger partial charge in [-0.15, -0.1) is 0 Å². The molecule has 5 heteroatoms. The number of nitrogens with zero attached hydrogens (tertiary/aromatic N) is 1. The first-order chi connectivity index (χ1) is 10.0. The quantitative estimate of drug-likeness (QED) is 0.626. The largest absolute Gasteiger partial charge is 0.456 e. The molecule has 0 aliphatic rings. The molecule has 0 saturated carbocycles. The van der Waals surface area contributed by atoms with Gasteiger partial charge in [0.15, 0.2) is 0 Å². The monoisotopic (exact) mass is 362 g/mol. The van der Waals surface area contributed by atoms with E-state index in [-0.39, 0.29) is 0 Å². The highest BCUT2D eigenvalue weighted by atomic mass is 79.9. The van der Waals surface area contributed by atoms with Crippen molar-refractivity contribution < 1.29 is 4.74 Å². The Bertz CT molecular complexity index is 836. The zero-order valence-corrected chi connectivity index (χ0v) is 13.6. The predicted molar refractivity (Wildman–Crippen MR) is 90.1 cm³/mol. The van der Waals surface area contributed by atoms with Gasteiger partial charge in [0.2, 0.25) is 0 Å². The van der Waals surface area contributed by atoms with Crippen LogP contribution in [0.1, 0.15) is 5.69 Å². The summed E-state index contributed by atoms with van der Waals surface area (Å²) >= 11 is 9.40. The van der Waals surface area contributed by atoms with Crippen molar-refractivity contribution in [2.75, 3.05) is 5.73 Å². The molecule has 21 heavy (non-hydrogen) atoms. The lowest BCUT2D eigenvalue weighted by Crippen LogP contribution is -1.93. The normalized spacial score (nSPS) is 10.8. The van der Waals surface area contributed by atoms with E-state index in [9.17, 15) is 0 Å². The van der Waals surface area contributed by atoms with Crippen LogP contribution in [0, 0.1) is 6.92 Å². The summed E-state index contributed by atoms with van der Waals surface area (Å²) in [5.74, 6) is 1.42. The summed E-state index contributed by atoms with van der Waals surface area (Å²) in [6, 6.07) is 11.0. The van der Waals surface area contributed by atoms with Crippen LogP contribution >= 0.6 is 27.5 Å². The highest BCUT2D eigenvalue weighted by Crippen LogP contribution is 2.36. The van der Waals surface area contributed by atoms with Gasteiger partial charge >= 0.3 is 0 Å². The standard InChI is InChI=1S/C16H12BrClN2O/c1-9-6-11-12(8-20-9)14(19)3-5-15(11)21-16-4-2-10(18)7-13(16)17/h2-8H,19H2,1H3. The van der Waals surface area contributed by atoms with Crippen molar-refractivity contribution in [3.63, 3.8) is 0 Å². The minimum Gasteiger partial charge on any atom is -0.456 e. The molecule has 2 aromatic carbocycles. The van der Waals surface area contributed by atoms with Crippen molar-refractivity contribution in [1.29, 1.82) is 0 Å². The summed E-state index contributed by atoms with van der Waals surface area (Å²) in [7, 11) is 0. The van der Waals surface area contributed by atoms with Crippen LogP contribution in [0.4, 0.5) is 5.69 Å². The molecule has 3 aromatic rings. The van der Waals surface area contributed by atoms with Gasteiger partial charge in [0.05, 0.1) is 4.47 Å². The van der Waals surface area contributed by atoms with Crippen LogP contribution in [-0.2, 0) is 0 Å². The van der Waals surface area contributed by atoms with Gasteiger partial charge in [-0.3, -0.25) is 4.98 Å². The van der Waals surface area contributed by atoms with Crippen LogP contribution in [0.5, 0.6) is 11.5 Å². The number of aromatic nitrogens is 1. The number of nitrogen functional groups attached to an aromatic ring is 1. The average Bonchev–Trinajstić information content (AvgIpc) is 2.44. The number of benzene rings is 2. The fourth-order valence-electron chi connectivity index (χ4n) is 2.10. The molecule has 1 heterocycles. The Morgan fingerprint density at radius 2 is 1.86 bits per heavy atom. The molecule has 3 nitrogen and oxygen atoms in total. The van der Waals surface area contributed by atoms with Crippen LogP contribution in [0.3, 0.4) is 0 Å². The molecule has 0 aliphatic heterocycles. The van der Waals surface area contributed by atoms with Gasteiger partial charge in [-0.1, -0.05) is 11.6 Å². The maximum atomic E-state index is 6.00. The van der Waals surface area contributed by atoms with E-state index in [0.717, 1.165) is 26.7 Å². The van der Waals surface area contributed by atoms with E-state index < -0.39 is 0 Å². The number of hydrogen-bond acceptors (Lipinski definition) is 3. The Hall–Kier alpha value is -1.78. The molecule has 0 aliphatic carbocycles. The van der Waals surface area contributed by atoms with E-state index in [1.54, 1.807) is 18.3 Å². The number of ether oxygens (including phenoxy) is 1. The number of rotatable bonds is 2. The molecule has 106 valence electrons. The first-order valence-electron chi connectivity index (χ1n) is 6.32. The fourth-order valence-corrected chi connectivity index (χ4v) is 2.87. The third-order valence-electron chi connectivity index (χ3n) is 3.15. The Kier molecular flexibility index (Phi) is 3.74. The van der Waals surface area contributed by atoms with Crippen LogP contribution in [0.15, 0.2) is 47.1 Å². The topological polar surface area (TPSA) is 48.1 Å². The highest BCUT2D eigenvalue weighted by molar-refractivity contribution is 9.10. The maximum Gasteiger partial charge on any atom is 0.141 e. The maximum absolute atomic E-state index is 6.00. The molecule has 2 N–H and O–H groups in total. The summed E-state index contributed by atoms with van der Waals surface area (Å²) in [5.41, 5.74) is 7.59. The number of aryl methyl sites for hydroxylation is 1. The number of halogens is 2. The average molecular weight is 364 g/mol. The number of anilines is 1. The molecule has 0 amide bonds. The van der Waals surface area contributed by atoms with Crippen molar-refractivity contribution in [3.05, 3.63) is 57.8 Å². The van der Waals surface area contributed by atoms with E-state index in [1.807, 2.05) is 31.2 Å². The van der Waals surface area contributed by atoms with Gasteiger partial charge in [0.25, 0.3) is 0 Å². The van der Waals surface area contributed by atoms with Gasteiger partial charge in [0, 0.05) is 33.4 Å². The van der Waals surface area contributed by atoms with Crippen LogP contribution in [0.2, 0.25) is 5.02 Å². The van der Waals surface area contributed by atoms with Crippen molar-refractivity contribution in [1.82, 2.24) is 4.98 Å². The summed E-state index contributed by atoms with van der Waals surface area (Å²) in [5, 5.41) is 2.46. The van der Waals surface area contributed by atoms with Gasteiger partial charge in [-0.2, -0.15) is 0 Å². The molecule has 0 spiro atoms. The SMILES string of the molecule is Cc1cc2c(Oc3ccc(Cl)cc3Br)ccc(N)c2cn1. The second-order valence-corrected chi connectivity index (χ2v) is 5.99. The van der Waals surface area contributed by atoms with E-state index in [4.69, 9.17) is 22.1 Å². The lowest BCUT2D eigenvalue weighted by Gasteiger charge is -2.12. The minimum atomic E-state index is 0.649. The van der Waals surface area contributed by atoms with E-state index in [0.29, 0.717) is 16.5 Å². The Balaban J connectivity index is 2.12. The van der Waals surface area contributed by atoms with E-state index in [1.165, 1.54) is 0 Å². The zero-order valence-electron chi connectivity index (χ0n) is 11.2. The van der Waals surface area contributed by atoms with Crippen molar-refractivity contribution in [3.8, 4) is 11.5 Å². The zero-order chi connectivity index (χ0) is 15.0. The van der Waals surface area contributed by atoms with Gasteiger partial charge < -0.3 is 10.5 Å². The predicted octanol–water partition coefficient (Wildman–Crippen LogP) is 5.33. The first-order valence-corrected chi connectivity index (χ1v) is 7.49. The van der Waals surface area contributed by atoms with Crippen LogP contribution in [0.25, 0.3) is 10.8 Å². The molecular weight excluding hydrogens is 352 g/mol. The van der Waals surface area contributed by atoms with E-state index >= 15 is 0 Å². The summed E-state index contributed by atoms with van der Waals surface area (Å²) in [6.45, 7) is 1.94. The molecule has 1 aromatic heterocycles. The smallest absolute Gasteiger partial charge is 0.141 e. The molecule has 3 rings (SSSR count). The number of pyridine rings is 1. The summed E-state index contributed by atoms with van der Waals surface area (Å²) in [4.78, 5) is 4.28. The molecule has 0 atom stereocenters. The number of fused-ring (bicyclic) bond motifs is 1. The van der Waals surface area contributed by atoms with Gasteiger partial charge in [-0.05, 0) is 59.3 Å². The molecule has 0 saturated heterocycles. The number of hydrogen-bond donors (Lipinski definition) is 1. The minimum absolute atomic E-state index is 0.649. The van der Waals surface area contributed by atoms with Crippen LogP contribution < -0.4 is 10.5 Å². The van der Waals surface area contributed by atoms with Crippen molar-refractivity contribution >= 4 is 44.0 Å². The second-order valence-electron chi connectivity index (χ2n) is 4.70. The van der Waals surface area contributed by atoms with E-state index in [2.05, 4.69) is 20.9 Å². The van der Waals surface area contributed by atoms with Crippen molar-refractivity contribution in [2.45, 2.75) is 6.92 Å². The lowest BCUT2D eigenvalue weighted by molar-refractivity contribution is 0.485. The summed E-state index contributed by atoms with van der Waals surface area (Å²) < 4.78 is 6.80. The Labute approximate surface area is 135 Å². The molecule has 0 fully saturated rings. The molecule has 0 bridgehead atoms. The van der Waals surface area contributed by atoms with Crippen molar-refractivity contribution in [2.24, 2.45) is 0 Å². The van der Waals surface area contributed by atoms with Gasteiger partial charge in [-0.25, -0.2) is 0 Å². The number of nitrogens with two attached hydrogens (primary N) is 1.